The Hall–Kier alpha value is -3.60. The van der Waals surface area contributed by atoms with Gasteiger partial charge in [0.1, 0.15) is 5.58 Å². The van der Waals surface area contributed by atoms with E-state index in [1.807, 2.05) is 66.7 Å². The highest BCUT2D eigenvalue weighted by Crippen LogP contribution is 2.30. The summed E-state index contributed by atoms with van der Waals surface area (Å²) in [6.07, 6.45) is 0.772. The van der Waals surface area contributed by atoms with Crippen LogP contribution in [0.25, 0.3) is 21.7 Å². The summed E-state index contributed by atoms with van der Waals surface area (Å²) < 4.78 is 11.1. The van der Waals surface area contributed by atoms with E-state index in [1.165, 1.54) is 0 Å². The van der Waals surface area contributed by atoms with Gasteiger partial charge in [0.25, 0.3) is 5.91 Å². The largest absolute Gasteiger partial charge is 0.464 e. The lowest BCUT2D eigenvalue weighted by Crippen LogP contribution is -2.37. The Balaban J connectivity index is 1.44. The molecular formula is C25H23NO4. The molecule has 30 heavy (non-hydrogen) atoms. The van der Waals surface area contributed by atoms with Crippen molar-refractivity contribution in [3.05, 3.63) is 84.1 Å². The van der Waals surface area contributed by atoms with E-state index >= 15 is 0 Å². The molecule has 152 valence electrons. The predicted octanol–water partition coefficient (Wildman–Crippen LogP) is 4.72. The van der Waals surface area contributed by atoms with E-state index in [0.717, 1.165) is 32.9 Å². The fourth-order valence-electron chi connectivity index (χ4n) is 3.69. The van der Waals surface area contributed by atoms with E-state index in [4.69, 9.17) is 9.15 Å². The number of carbonyl (C=O) groups is 2. The van der Waals surface area contributed by atoms with E-state index in [9.17, 15) is 9.59 Å². The number of likely N-dealkylation sites (N-methyl/N-ethyl adjacent to an activating group) is 1. The average molecular weight is 401 g/mol. The minimum absolute atomic E-state index is 0.0427. The van der Waals surface area contributed by atoms with Gasteiger partial charge >= 0.3 is 5.97 Å². The predicted molar refractivity (Wildman–Crippen MR) is 116 cm³/mol. The van der Waals surface area contributed by atoms with Crippen LogP contribution in [0.4, 0.5) is 0 Å². The molecule has 1 atom stereocenters. The number of furan rings is 1. The molecule has 0 radical (unpaired) electrons. The number of nitrogens with zero attached hydrogens (tertiary/aromatic N) is 1. The molecule has 1 heterocycles. The molecule has 0 aliphatic carbocycles. The van der Waals surface area contributed by atoms with Crippen molar-refractivity contribution in [3.8, 4) is 0 Å². The normalized spacial score (nSPS) is 12.1. The monoisotopic (exact) mass is 401 g/mol. The van der Waals surface area contributed by atoms with Crippen LogP contribution in [-0.4, -0.2) is 29.9 Å². The molecule has 5 heteroatoms. The Kier molecular flexibility index (Phi) is 5.53. The van der Waals surface area contributed by atoms with Crippen LogP contribution in [0.1, 0.15) is 18.1 Å². The van der Waals surface area contributed by atoms with E-state index < -0.39 is 12.1 Å². The Labute approximate surface area is 174 Å². The molecule has 4 rings (SSSR count). The number of rotatable bonds is 6. The molecule has 0 N–H and O–H groups in total. The highest BCUT2D eigenvalue weighted by Gasteiger charge is 2.23. The number of fused-ring (bicyclic) bond motifs is 3. The minimum Gasteiger partial charge on any atom is -0.464 e. The molecule has 4 aromatic rings. The molecule has 1 amide bonds. The maximum Gasteiger partial charge on any atom is 0.311 e. The second-order valence-electron chi connectivity index (χ2n) is 7.41. The molecule has 0 spiro atoms. The minimum atomic E-state index is -0.860. The van der Waals surface area contributed by atoms with Gasteiger partial charge in [0.15, 0.2) is 6.10 Å². The van der Waals surface area contributed by atoms with E-state index in [2.05, 4.69) is 0 Å². The molecular weight excluding hydrogens is 378 g/mol. The second kappa shape index (κ2) is 8.41. The van der Waals surface area contributed by atoms with Crippen molar-refractivity contribution >= 4 is 33.6 Å². The van der Waals surface area contributed by atoms with Crippen molar-refractivity contribution in [2.24, 2.45) is 0 Å². The van der Waals surface area contributed by atoms with E-state index in [1.54, 1.807) is 25.1 Å². The van der Waals surface area contributed by atoms with Gasteiger partial charge in [-0.05, 0) is 29.3 Å². The third-order valence-corrected chi connectivity index (χ3v) is 5.17. The summed E-state index contributed by atoms with van der Waals surface area (Å²) in [5, 5.41) is 3.01. The van der Waals surface area contributed by atoms with Gasteiger partial charge in [-0.3, -0.25) is 9.59 Å². The maximum atomic E-state index is 12.6. The molecule has 0 fully saturated rings. The van der Waals surface area contributed by atoms with Crippen LogP contribution in [-0.2, 0) is 27.3 Å². The number of amides is 1. The molecule has 0 saturated heterocycles. The molecule has 0 aliphatic heterocycles. The maximum absolute atomic E-state index is 12.6. The molecule has 0 saturated carbocycles. The van der Waals surface area contributed by atoms with Crippen LogP contribution in [0.2, 0.25) is 0 Å². The van der Waals surface area contributed by atoms with Crippen LogP contribution < -0.4 is 0 Å². The number of hydrogen-bond donors (Lipinski definition) is 0. The van der Waals surface area contributed by atoms with Crippen molar-refractivity contribution in [3.63, 3.8) is 0 Å². The van der Waals surface area contributed by atoms with Gasteiger partial charge < -0.3 is 14.1 Å². The zero-order valence-electron chi connectivity index (χ0n) is 17.0. The number of hydrogen-bond acceptors (Lipinski definition) is 4. The summed E-state index contributed by atoms with van der Waals surface area (Å²) in [6.45, 7) is 2.06. The number of benzene rings is 3. The first-order chi connectivity index (χ1) is 14.5. The van der Waals surface area contributed by atoms with Crippen LogP contribution in [0.15, 0.2) is 77.4 Å². The molecule has 0 bridgehead atoms. The smallest absolute Gasteiger partial charge is 0.311 e. The fourth-order valence-corrected chi connectivity index (χ4v) is 3.69. The first kappa shape index (κ1) is 19.7. The molecule has 1 aromatic heterocycles. The number of carbonyl (C=O) groups excluding carboxylic acids is 2. The Morgan fingerprint density at radius 2 is 1.73 bits per heavy atom. The van der Waals surface area contributed by atoms with Gasteiger partial charge in [0.2, 0.25) is 0 Å². The van der Waals surface area contributed by atoms with Crippen molar-refractivity contribution in [1.29, 1.82) is 0 Å². The summed E-state index contributed by atoms with van der Waals surface area (Å²) in [4.78, 5) is 26.7. The lowest BCUT2D eigenvalue weighted by Gasteiger charge is -2.21. The lowest BCUT2D eigenvalue weighted by atomic mass is 10.0. The van der Waals surface area contributed by atoms with E-state index in [-0.39, 0.29) is 12.3 Å². The van der Waals surface area contributed by atoms with Crippen molar-refractivity contribution in [2.75, 3.05) is 7.05 Å². The molecule has 5 nitrogen and oxygen atoms in total. The summed E-state index contributed by atoms with van der Waals surface area (Å²) >= 11 is 0. The zero-order chi connectivity index (χ0) is 21.1. The Morgan fingerprint density at radius 3 is 2.53 bits per heavy atom. The van der Waals surface area contributed by atoms with Gasteiger partial charge in [-0.1, -0.05) is 60.7 Å². The average Bonchev–Trinajstić information content (AvgIpc) is 3.17. The second-order valence-corrected chi connectivity index (χ2v) is 7.41. The lowest BCUT2D eigenvalue weighted by molar-refractivity contribution is -0.158. The van der Waals surface area contributed by atoms with E-state index in [0.29, 0.717) is 6.54 Å². The molecule has 0 aliphatic rings. The summed E-state index contributed by atoms with van der Waals surface area (Å²) in [5.41, 5.74) is 2.50. The van der Waals surface area contributed by atoms with Crippen molar-refractivity contribution < 1.29 is 18.7 Å². The standard InChI is InChI=1S/C25H23NO4/c1-17(25(28)26(2)15-18-8-4-3-5-9-18)30-23(27)14-20-16-29-22-13-12-19-10-6-7-11-21(19)24(20)22/h3-13,16-17H,14-15H2,1-2H3/t17-/m1/s1. The van der Waals surface area contributed by atoms with Gasteiger partial charge in [0.05, 0.1) is 12.7 Å². The number of esters is 1. The van der Waals surface area contributed by atoms with Gasteiger partial charge in [0, 0.05) is 24.5 Å². The third-order valence-electron chi connectivity index (χ3n) is 5.17. The Morgan fingerprint density at radius 1 is 1.00 bits per heavy atom. The van der Waals surface area contributed by atoms with Crippen molar-refractivity contribution in [1.82, 2.24) is 4.90 Å². The van der Waals surface area contributed by atoms with Crippen LogP contribution >= 0.6 is 0 Å². The zero-order valence-corrected chi connectivity index (χ0v) is 17.0. The van der Waals surface area contributed by atoms with Crippen LogP contribution in [0, 0.1) is 0 Å². The topological polar surface area (TPSA) is 59.8 Å². The summed E-state index contributed by atoms with van der Waals surface area (Å²) in [5.74, 6) is -0.700. The van der Waals surface area contributed by atoms with Crippen LogP contribution in [0.3, 0.4) is 0 Å². The third kappa shape index (κ3) is 4.06. The number of ether oxygens (including phenoxy) is 1. The first-order valence-corrected chi connectivity index (χ1v) is 9.89. The molecule has 3 aromatic carbocycles. The van der Waals surface area contributed by atoms with Gasteiger partial charge in [-0.25, -0.2) is 0 Å². The quantitative estimate of drug-likeness (QED) is 0.439. The van der Waals surface area contributed by atoms with Gasteiger partial charge in [-0.15, -0.1) is 0 Å². The molecule has 0 unspecified atom stereocenters. The highest BCUT2D eigenvalue weighted by atomic mass is 16.5. The van der Waals surface area contributed by atoms with Crippen LogP contribution in [0.5, 0.6) is 0 Å². The first-order valence-electron chi connectivity index (χ1n) is 9.89. The highest BCUT2D eigenvalue weighted by molar-refractivity contribution is 6.08. The Bertz CT molecular complexity index is 1200. The fraction of sp³-hybridized carbons (Fsp3) is 0.200. The SMILES string of the molecule is C[C@@H](OC(=O)Cc1coc2ccc3ccccc3c12)C(=O)N(C)Cc1ccccc1. The summed E-state index contributed by atoms with van der Waals surface area (Å²) in [6, 6.07) is 21.5. The summed E-state index contributed by atoms with van der Waals surface area (Å²) in [7, 11) is 1.70. The van der Waals surface area contributed by atoms with Crippen molar-refractivity contribution in [2.45, 2.75) is 26.0 Å². The van der Waals surface area contributed by atoms with Gasteiger partial charge in [-0.2, -0.15) is 0 Å².